The number of hydrogen-bond acceptors (Lipinski definition) is 9. The Bertz CT molecular complexity index is 1010. The van der Waals surface area contributed by atoms with Crippen LogP contribution in [0.4, 0.5) is 5.00 Å². The fraction of sp³-hybridized carbons (Fsp3) is 0.500. The number of esters is 2. The first-order chi connectivity index (χ1) is 15.3. The van der Waals surface area contributed by atoms with Gasteiger partial charge < -0.3 is 14.8 Å². The highest BCUT2D eigenvalue weighted by molar-refractivity contribution is 7.98. The van der Waals surface area contributed by atoms with Gasteiger partial charge in [0.15, 0.2) is 11.8 Å². The topological polar surface area (TPSA) is 107 Å². The zero-order valence-corrected chi connectivity index (χ0v) is 20.3. The number of aryl methyl sites for hydroxylation is 3. The molecule has 0 saturated carbocycles. The summed E-state index contributed by atoms with van der Waals surface area (Å²) in [6, 6.07) is 0. The van der Waals surface area contributed by atoms with Gasteiger partial charge in [-0.1, -0.05) is 11.8 Å². The number of hydrogen-bond donors (Lipinski definition) is 1. The van der Waals surface area contributed by atoms with Crippen LogP contribution in [0.1, 0.15) is 57.5 Å². The number of thioether (sulfide) groups is 1. The molecule has 1 aliphatic rings. The lowest BCUT2D eigenvalue weighted by Crippen LogP contribution is -2.22. The molecule has 10 heteroatoms. The van der Waals surface area contributed by atoms with E-state index in [1.807, 2.05) is 20.1 Å². The molecule has 0 fully saturated rings. The van der Waals surface area contributed by atoms with Gasteiger partial charge in [-0.25, -0.2) is 14.8 Å². The van der Waals surface area contributed by atoms with E-state index < -0.39 is 24.5 Å². The number of ether oxygens (including phenoxy) is 2. The van der Waals surface area contributed by atoms with Crippen molar-refractivity contribution in [2.75, 3.05) is 24.8 Å². The molecule has 1 amide bonds. The average Bonchev–Trinajstić information content (AvgIpc) is 3.32. The van der Waals surface area contributed by atoms with E-state index >= 15 is 0 Å². The minimum atomic E-state index is -0.483. The van der Waals surface area contributed by atoms with Gasteiger partial charge in [0.25, 0.3) is 5.91 Å². The zero-order valence-electron chi connectivity index (χ0n) is 18.7. The van der Waals surface area contributed by atoms with E-state index in [4.69, 9.17) is 9.47 Å². The summed E-state index contributed by atoms with van der Waals surface area (Å²) < 4.78 is 10.3. The van der Waals surface area contributed by atoms with Gasteiger partial charge in [0.2, 0.25) is 0 Å². The van der Waals surface area contributed by atoms with E-state index in [0.717, 1.165) is 46.7 Å². The first kappa shape index (κ1) is 24.2. The molecule has 0 atom stereocenters. The largest absolute Gasteiger partial charge is 0.462 e. The minimum absolute atomic E-state index is 0.123. The van der Waals surface area contributed by atoms with Gasteiger partial charge in [-0.2, -0.15) is 0 Å². The van der Waals surface area contributed by atoms with Gasteiger partial charge in [-0.3, -0.25) is 9.59 Å². The van der Waals surface area contributed by atoms with Crippen LogP contribution < -0.4 is 5.32 Å². The van der Waals surface area contributed by atoms with Crippen LogP contribution in [0.3, 0.4) is 0 Å². The Morgan fingerprint density at radius 3 is 2.50 bits per heavy atom. The monoisotopic (exact) mass is 477 g/mol. The van der Waals surface area contributed by atoms with Gasteiger partial charge in [-0.05, 0) is 63.8 Å². The van der Waals surface area contributed by atoms with E-state index in [9.17, 15) is 14.4 Å². The van der Waals surface area contributed by atoms with Crippen molar-refractivity contribution in [3.63, 3.8) is 0 Å². The lowest BCUT2D eigenvalue weighted by molar-refractivity contribution is -0.147. The highest BCUT2D eigenvalue weighted by Crippen LogP contribution is 2.39. The summed E-state index contributed by atoms with van der Waals surface area (Å²) in [6.07, 6.45) is 5.15. The number of thiophene rings is 1. The number of amides is 1. The Balaban J connectivity index is 1.55. The van der Waals surface area contributed by atoms with Crippen molar-refractivity contribution < 1.29 is 23.9 Å². The molecule has 32 heavy (non-hydrogen) atoms. The normalized spacial score (nSPS) is 12.4. The predicted octanol–water partition coefficient (Wildman–Crippen LogP) is 3.66. The number of carbonyl (C=O) groups excluding carboxylic acids is 3. The summed E-state index contributed by atoms with van der Waals surface area (Å²) in [5, 5.41) is 3.88. The summed E-state index contributed by atoms with van der Waals surface area (Å²) >= 11 is 2.86. The molecule has 1 aliphatic carbocycles. The molecule has 0 saturated heterocycles. The van der Waals surface area contributed by atoms with E-state index in [-0.39, 0.29) is 13.0 Å². The molecule has 172 valence electrons. The van der Waals surface area contributed by atoms with Crippen molar-refractivity contribution in [1.82, 2.24) is 9.97 Å². The third-order valence-corrected chi connectivity index (χ3v) is 6.93. The van der Waals surface area contributed by atoms with Gasteiger partial charge in [-0.15, -0.1) is 11.3 Å². The average molecular weight is 478 g/mol. The Hall–Kier alpha value is -2.46. The Kier molecular flexibility index (Phi) is 8.25. The standard InChI is InChI=1S/C22H27N3O5S2/c1-5-29-21(28)19-15-7-6-8-16(15)32-20(19)25-17(26)11-30-18(27)10-9-14-12(2)23-22(31-4)24-13(14)3/h5-11H2,1-4H3,(H,25,26). The summed E-state index contributed by atoms with van der Waals surface area (Å²) in [5.41, 5.74) is 3.98. The van der Waals surface area contributed by atoms with Crippen LogP contribution in [0.2, 0.25) is 0 Å². The molecule has 0 aromatic carbocycles. The van der Waals surface area contributed by atoms with E-state index in [1.54, 1.807) is 6.92 Å². The Morgan fingerprint density at radius 1 is 1.12 bits per heavy atom. The fourth-order valence-corrected chi connectivity index (χ4v) is 5.43. The van der Waals surface area contributed by atoms with Gasteiger partial charge in [0.05, 0.1) is 12.2 Å². The van der Waals surface area contributed by atoms with Crippen LogP contribution >= 0.6 is 23.1 Å². The zero-order chi connectivity index (χ0) is 23.3. The Labute approximate surface area is 195 Å². The molecule has 0 unspecified atom stereocenters. The van der Waals surface area contributed by atoms with Crippen molar-refractivity contribution in [3.05, 3.63) is 33.0 Å². The number of fused-ring (bicyclic) bond motifs is 1. The van der Waals surface area contributed by atoms with Crippen molar-refractivity contribution in [2.24, 2.45) is 0 Å². The summed E-state index contributed by atoms with van der Waals surface area (Å²) in [5.74, 6) is -1.39. The lowest BCUT2D eigenvalue weighted by atomic mass is 10.1. The second-order valence-electron chi connectivity index (χ2n) is 7.35. The first-order valence-corrected chi connectivity index (χ1v) is 12.5. The molecule has 0 bridgehead atoms. The third-order valence-electron chi connectivity index (χ3n) is 5.18. The van der Waals surface area contributed by atoms with Gasteiger partial charge in [0, 0.05) is 22.7 Å². The Morgan fingerprint density at radius 2 is 1.84 bits per heavy atom. The number of nitrogens with zero attached hydrogens (tertiary/aromatic N) is 2. The second-order valence-corrected chi connectivity index (χ2v) is 9.23. The molecule has 2 aromatic rings. The highest BCUT2D eigenvalue weighted by Gasteiger charge is 2.28. The van der Waals surface area contributed by atoms with E-state index in [0.29, 0.717) is 22.1 Å². The quantitative estimate of drug-likeness (QED) is 0.331. The SMILES string of the molecule is CCOC(=O)c1c(NC(=O)COC(=O)CCc2c(C)nc(SC)nc2C)sc2c1CCC2. The molecule has 0 radical (unpaired) electrons. The van der Waals surface area contributed by atoms with Gasteiger partial charge >= 0.3 is 11.9 Å². The van der Waals surface area contributed by atoms with Crippen molar-refractivity contribution in [3.8, 4) is 0 Å². The summed E-state index contributed by atoms with van der Waals surface area (Å²) in [4.78, 5) is 46.8. The minimum Gasteiger partial charge on any atom is -0.462 e. The molecule has 0 aliphatic heterocycles. The smallest absolute Gasteiger partial charge is 0.341 e. The maximum atomic E-state index is 12.4. The van der Waals surface area contributed by atoms with Crippen molar-refractivity contribution in [1.29, 1.82) is 0 Å². The molecule has 1 N–H and O–H groups in total. The molecule has 2 heterocycles. The number of nitrogens with one attached hydrogen (secondary N) is 1. The molecule has 0 spiro atoms. The predicted molar refractivity (Wildman–Crippen MR) is 123 cm³/mol. The summed E-state index contributed by atoms with van der Waals surface area (Å²) in [6.45, 7) is 5.38. The van der Waals surface area contributed by atoms with Crippen LogP contribution in [0.15, 0.2) is 5.16 Å². The van der Waals surface area contributed by atoms with Crippen LogP contribution in [-0.4, -0.2) is 47.3 Å². The number of rotatable bonds is 9. The van der Waals surface area contributed by atoms with Crippen LogP contribution in [0.25, 0.3) is 0 Å². The lowest BCUT2D eigenvalue weighted by Gasteiger charge is -2.10. The van der Waals surface area contributed by atoms with E-state index in [2.05, 4.69) is 15.3 Å². The summed E-state index contributed by atoms with van der Waals surface area (Å²) in [7, 11) is 0. The first-order valence-electron chi connectivity index (χ1n) is 10.5. The number of carbonyl (C=O) groups is 3. The van der Waals surface area contributed by atoms with E-state index in [1.165, 1.54) is 23.1 Å². The van der Waals surface area contributed by atoms with Crippen LogP contribution in [0, 0.1) is 13.8 Å². The van der Waals surface area contributed by atoms with Gasteiger partial charge in [0.1, 0.15) is 5.00 Å². The number of anilines is 1. The maximum Gasteiger partial charge on any atom is 0.341 e. The molecule has 2 aromatic heterocycles. The van der Waals surface area contributed by atoms with Crippen LogP contribution in [0.5, 0.6) is 0 Å². The molecular formula is C22H27N3O5S2. The number of aromatic nitrogens is 2. The highest BCUT2D eigenvalue weighted by atomic mass is 32.2. The molecular weight excluding hydrogens is 450 g/mol. The second kappa shape index (κ2) is 10.9. The molecule has 3 rings (SSSR count). The molecule has 8 nitrogen and oxygen atoms in total. The van der Waals surface area contributed by atoms with Crippen molar-refractivity contribution >= 4 is 45.9 Å². The maximum absolute atomic E-state index is 12.4. The van der Waals surface area contributed by atoms with Crippen molar-refractivity contribution in [2.45, 2.75) is 58.0 Å². The third kappa shape index (κ3) is 5.66. The van der Waals surface area contributed by atoms with Crippen LogP contribution in [-0.2, 0) is 38.3 Å². The fourth-order valence-electron chi connectivity index (χ4n) is 3.68.